The summed E-state index contributed by atoms with van der Waals surface area (Å²) in [5.74, 6) is 0. The molecule has 1 nitrogen and oxygen atoms in total. The van der Waals surface area contributed by atoms with Crippen LogP contribution in [0.25, 0.3) is 0 Å². The number of nitrogens with one attached hydrogen (secondary N) is 1. The van der Waals surface area contributed by atoms with E-state index in [4.69, 9.17) is 0 Å². The van der Waals surface area contributed by atoms with E-state index in [1.165, 1.54) is 15.3 Å². The maximum atomic E-state index is 3.66. The van der Waals surface area contributed by atoms with Crippen LogP contribution in [0.5, 0.6) is 0 Å². The molecule has 1 aromatic rings. The Hall–Kier alpha value is -0.600. The van der Waals surface area contributed by atoms with Crippen molar-refractivity contribution in [3.63, 3.8) is 0 Å². The number of aryl methyl sites for hydroxylation is 2. The molecule has 0 aliphatic heterocycles. The highest BCUT2D eigenvalue weighted by molar-refractivity contribution is 7.12. The molecule has 0 bridgehead atoms. The van der Waals surface area contributed by atoms with Gasteiger partial charge in [0.1, 0.15) is 0 Å². The van der Waals surface area contributed by atoms with Gasteiger partial charge in [0.25, 0.3) is 0 Å². The smallest absolute Gasteiger partial charge is 0.0219 e. The number of thiophene rings is 1. The van der Waals surface area contributed by atoms with Crippen molar-refractivity contribution in [3.05, 3.63) is 34.0 Å². The minimum absolute atomic E-state index is 0.883. The van der Waals surface area contributed by atoms with Crippen molar-refractivity contribution in [2.75, 3.05) is 6.54 Å². The second-order valence-electron chi connectivity index (χ2n) is 2.86. The first-order valence-corrected chi connectivity index (χ1v) is 4.93. The van der Waals surface area contributed by atoms with Crippen LogP contribution >= 0.6 is 11.3 Å². The molecule has 0 aliphatic rings. The summed E-state index contributed by atoms with van der Waals surface area (Å²) in [6, 6.07) is 2.25. The molecule has 0 amide bonds. The Balaban J connectivity index is 2.50. The van der Waals surface area contributed by atoms with Crippen molar-refractivity contribution in [1.29, 1.82) is 0 Å². The molecule has 0 atom stereocenters. The van der Waals surface area contributed by atoms with Crippen molar-refractivity contribution in [3.8, 4) is 0 Å². The molecule has 1 heterocycles. The van der Waals surface area contributed by atoms with Gasteiger partial charge in [-0.05, 0) is 25.5 Å². The van der Waals surface area contributed by atoms with Crippen molar-refractivity contribution in [2.24, 2.45) is 0 Å². The van der Waals surface area contributed by atoms with Crippen LogP contribution in [0.4, 0.5) is 0 Å². The van der Waals surface area contributed by atoms with Gasteiger partial charge < -0.3 is 5.32 Å². The Morgan fingerprint density at radius 3 is 2.83 bits per heavy atom. The van der Waals surface area contributed by atoms with Crippen LogP contribution in [0.1, 0.15) is 15.3 Å². The van der Waals surface area contributed by atoms with E-state index in [1.807, 2.05) is 17.4 Å². The molecule has 0 spiro atoms. The minimum atomic E-state index is 0.883. The molecular weight excluding hydrogens is 166 g/mol. The third kappa shape index (κ3) is 2.47. The second kappa shape index (κ2) is 4.43. The first-order valence-electron chi connectivity index (χ1n) is 4.11. The average Bonchev–Trinajstić information content (AvgIpc) is 2.31. The van der Waals surface area contributed by atoms with Gasteiger partial charge in [-0.15, -0.1) is 17.9 Å². The first kappa shape index (κ1) is 9.49. The standard InChI is InChI=1S/C10H15NS/c1-4-5-11-7-10-6-8(2)12-9(10)3/h4,6,11H,1,5,7H2,2-3H3. The summed E-state index contributed by atoms with van der Waals surface area (Å²) in [7, 11) is 0. The summed E-state index contributed by atoms with van der Waals surface area (Å²) in [6.45, 7) is 9.82. The molecule has 0 saturated heterocycles. The molecule has 1 N–H and O–H groups in total. The van der Waals surface area contributed by atoms with Gasteiger partial charge >= 0.3 is 0 Å². The highest BCUT2D eigenvalue weighted by Gasteiger charge is 2.00. The third-order valence-electron chi connectivity index (χ3n) is 1.75. The van der Waals surface area contributed by atoms with Crippen LogP contribution in [0.3, 0.4) is 0 Å². The van der Waals surface area contributed by atoms with Gasteiger partial charge in [-0.3, -0.25) is 0 Å². The first-order chi connectivity index (χ1) is 5.74. The van der Waals surface area contributed by atoms with E-state index >= 15 is 0 Å². The van der Waals surface area contributed by atoms with E-state index in [-0.39, 0.29) is 0 Å². The molecule has 0 aliphatic carbocycles. The fourth-order valence-electron chi connectivity index (χ4n) is 1.17. The molecule has 12 heavy (non-hydrogen) atoms. The number of hydrogen-bond donors (Lipinski definition) is 1. The van der Waals surface area contributed by atoms with Gasteiger partial charge in [-0.1, -0.05) is 6.08 Å². The van der Waals surface area contributed by atoms with E-state index in [0.717, 1.165) is 13.1 Å². The molecule has 0 unspecified atom stereocenters. The van der Waals surface area contributed by atoms with E-state index in [0.29, 0.717) is 0 Å². The largest absolute Gasteiger partial charge is 0.309 e. The normalized spacial score (nSPS) is 10.2. The zero-order chi connectivity index (χ0) is 8.97. The lowest BCUT2D eigenvalue weighted by atomic mass is 10.2. The van der Waals surface area contributed by atoms with Gasteiger partial charge in [-0.2, -0.15) is 0 Å². The average molecular weight is 181 g/mol. The van der Waals surface area contributed by atoms with Gasteiger partial charge in [0.2, 0.25) is 0 Å². The molecule has 1 aromatic heterocycles. The maximum absolute atomic E-state index is 3.66. The molecule has 2 heteroatoms. The Bertz CT molecular complexity index is 263. The summed E-state index contributed by atoms with van der Waals surface area (Å²) in [5, 5.41) is 3.29. The Kier molecular flexibility index (Phi) is 3.50. The number of hydrogen-bond acceptors (Lipinski definition) is 2. The monoisotopic (exact) mass is 181 g/mol. The number of rotatable bonds is 4. The predicted molar refractivity (Wildman–Crippen MR) is 55.7 cm³/mol. The van der Waals surface area contributed by atoms with Crippen LogP contribution in [0.15, 0.2) is 18.7 Å². The van der Waals surface area contributed by atoms with Gasteiger partial charge in [0, 0.05) is 22.8 Å². The van der Waals surface area contributed by atoms with Crippen LogP contribution in [-0.2, 0) is 6.54 Å². The molecule has 0 aromatic carbocycles. The highest BCUT2D eigenvalue weighted by Crippen LogP contribution is 2.19. The van der Waals surface area contributed by atoms with E-state index in [2.05, 4.69) is 31.8 Å². The fourth-order valence-corrected chi connectivity index (χ4v) is 2.11. The van der Waals surface area contributed by atoms with Crippen LogP contribution in [0.2, 0.25) is 0 Å². The summed E-state index contributed by atoms with van der Waals surface area (Å²) < 4.78 is 0. The SMILES string of the molecule is C=CCNCc1cc(C)sc1C. The lowest BCUT2D eigenvalue weighted by Crippen LogP contribution is -2.12. The predicted octanol–water partition coefficient (Wildman–Crippen LogP) is 2.64. The fraction of sp³-hybridized carbons (Fsp3) is 0.400. The van der Waals surface area contributed by atoms with E-state index in [9.17, 15) is 0 Å². The molecule has 1 rings (SSSR count). The minimum Gasteiger partial charge on any atom is -0.309 e. The maximum Gasteiger partial charge on any atom is 0.0219 e. The van der Waals surface area contributed by atoms with Crippen LogP contribution in [0, 0.1) is 13.8 Å². The van der Waals surface area contributed by atoms with Crippen molar-refractivity contribution >= 4 is 11.3 Å². The summed E-state index contributed by atoms with van der Waals surface area (Å²) in [5.41, 5.74) is 1.42. The second-order valence-corrected chi connectivity index (χ2v) is 4.32. The zero-order valence-electron chi connectivity index (χ0n) is 7.68. The molecular formula is C10H15NS. The molecule has 0 saturated carbocycles. The summed E-state index contributed by atoms with van der Waals surface area (Å²) >= 11 is 1.86. The van der Waals surface area contributed by atoms with E-state index < -0.39 is 0 Å². The zero-order valence-corrected chi connectivity index (χ0v) is 8.50. The third-order valence-corrected chi connectivity index (χ3v) is 2.76. The quantitative estimate of drug-likeness (QED) is 0.556. The van der Waals surface area contributed by atoms with Crippen molar-refractivity contribution < 1.29 is 0 Å². The Morgan fingerprint density at radius 1 is 1.58 bits per heavy atom. The molecule has 0 fully saturated rings. The van der Waals surface area contributed by atoms with Crippen LogP contribution < -0.4 is 5.32 Å². The Labute approximate surface area is 78.1 Å². The van der Waals surface area contributed by atoms with Crippen molar-refractivity contribution in [1.82, 2.24) is 5.32 Å². The summed E-state index contributed by atoms with van der Waals surface area (Å²) in [6.07, 6.45) is 1.88. The van der Waals surface area contributed by atoms with Gasteiger partial charge in [0.15, 0.2) is 0 Å². The van der Waals surface area contributed by atoms with Crippen LogP contribution in [-0.4, -0.2) is 6.54 Å². The van der Waals surface area contributed by atoms with Crippen molar-refractivity contribution in [2.45, 2.75) is 20.4 Å². The highest BCUT2D eigenvalue weighted by atomic mass is 32.1. The van der Waals surface area contributed by atoms with E-state index in [1.54, 1.807) is 0 Å². The topological polar surface area (TPSA) is 12.0 Å². The molecule has 66 valence electrons. The Morgan fingerprint density at radius 2 is 2.33 bits per heavy atom. The van der Waals surface area contributed by atoms with Gasteiger partial charge in [0.05, 0.1) is 0 Å². The lowest BCUT2D eigenvalue weighted by molar-refractivity contribution is 0.759. The summed E-state index contributed by atoms with van der Waals surface area (Å²) in [4.78, 5) is 2.81. The van der Waals surface area contributed by atoms with Gasteiger partial charge in [-0.25, -0.2) is 0 Å². The lowest BCUT2D eigenvalue weighted by Gasteiger charge is -1.99. The molecule has 0 radical (unpaired) electrons.